The molecule has 0 aliphatic heterocycles. The molecule has 1 heterocycles. The highest BCUT2D eigenvalue weighted by Crippen LogP contribution is 2.15. The van der Waals surface area contributed by atoms with Gasteiger partial charge in [-0.1, -0.05) is 0 Å². The Hall–Kier alpha value is -1.12. The summed E-state index contributed by atoms with van der Waals surface area (Å²) in [7, 11) is 0. The number of hydrogen-bond donors (Lipinski definition) is 1. The van der Waals surface area contributed by atoms with Gasteiger partial charge in [-0.2, -0.15) is 5.10 Å². The first-order valence-corrected chi connectivity index (χ1v) is 3.26. The number of H-pyrrole nitrogens is 1. The van der Waals surface area contributed by atoms with E-state index >= 15 is 0 Å². The summed E-state index contributed by atoms with van der Waals surface area (Å²) in [6, 6.07) is 0. The van der Waals surface area contributed by atoms with Crippen LogP contribution in [-0.4, -0.2) is 16.4 Å². The summed E-state index contributed by atoms with van der Waals surface area (Å²) in [6.07, 6.45) is 1.74. The maximum Gasteiger partial charge on any atom is 0.176 e. The van der Waals surface area contributed by atoms with E-state index in [1.807, 2.05) is 20.8 Å². The maximum atomic E-state index is 4.06. The highest BCUT2D eigenvalue weighted by molar-refractivity contribution is 5.60. The van der Waals surface area contributed by atoms with Crippen molar-refractivity contribution in [2.45, 2.75) is 20.8 Å². The quantitative estimate of drug-likeness (QED) is 0.588. The van der Waals surface area contributed by atoms with Crippen molar-refractivity contribution < 1.29 is 0 Å². The van der Waals surface area contributed by atoms with Gasteiger partial charge in [0.15, 0.2) is 5.82 Å². The fourth-order valence-electron chi connectivity index (χ4n) is 0.720. The largest absolute Gasteiger partial charge is 0.280 e. The lowest BCUT2D eigenvalue weighted by molar-refractivity contribution is 1.04. The molecule has 0 spiro atoms. The van der Waals surface area contributed by atoms with Gasteiger partial charge in [0.1, 0.15) is 0 Å². The van der Waals surface area contributed by atoms with Crippen LogP contribution in [0, 0.1) is 13.8 Å². The van der Waals surface area contributed by atoms with Crippen molar-refractivity contribution in [3.8, 4) is 0 Å². The minimum absolute atomic E-state index is 0.792. The summed E-state index contributed by atoms with van der Waals surface area (Å²) < 4.78 is 0. The molecule has 0 amide bonds. The lowest BCUT2D eigenvalue weighted by Gasteiger charge is -1.85. The van der Waals surface area contributed by atoms with Gasteiger partial charge in [0.25, 0.3) is 0 Å². The van der Waals surface area contributed by atoms with Crippen LogP contribution >= 0.6 is 0 Å². The molecular formula is C7H11N3. The molecule has 1 N–H and O–H groups in total. The third kappa shape index (κ3) is 1.07. The fraction of sp³-hybridized carbons (Fsp3) is 0.429. The van der Waals surface area contributed by atoms with Crippen molar-refractivity contribution in [1.82, 2.24) is 10.2 Å². The first kappa shape index (κ1) is 6.99. The highest BCUT2D eigenvalue weighted by Gasteiger charge is 2.00. The van der Waals surface area contributed by atoms with Gasteiger partial charge in [0, 0.05) is 17.5 Å². The molecule has 0 saturated carbocycles. The van der Waals surface area contributed by atoms with Gasteiger partial charge in [0.05, 0.1) is 0 Å². The number of rotatable bonds is 1. The molecule has 0 unspecified atom stereocenters. The molecule has 10 heavy (non-hydrogen) atoms. The number of nitrogens with zero attached hydrogens (tertiary/aromatic N) is 2. The van der Waals surface area contributed by atoms with E-state index in [1.165, 1.54) is 0 Å². The summed E-state index contributed by atoms with van der Waals surface area (Å²) in [5.41, 5.74) is 2.21. The van der Waals surface area contributed by atoms with E-state index < -0.39 is 0 Å². The van der Waals surface area contributed by atoms with E-state index in [9.17, 15) is 0 Å². The minimum atomic E-state index is 0.792. The van der Waals surface area contributed by atoms with Crippen LogP contribution in [0.5, 0.6) is 0 Å². The molecule has 0 aliphatic rings. The average molecular weight is 137 g/mol. The molecule has 3 nitrogen and oxygen atoms in total. The molecule has 0 aromatic carbocycles. The van der Waals surface area contributed by atoms with Crippen molar-refractivity contribution in [2.75, 3.05) is 0 Å². The van der Waals surface area contributed by atoms with Crippen LogP contribution < -0.4 is 0 Å². The topological polar surface area (TPSA) is 41.0 Å². The van der Waals surface area contributed by atoms with Crippen molar-refractivity contribution in [1.29, 1.82) is 0 Å². The second kappa shape index (κ2) is 2.64. The summed E-state index contributed by atoms with van der Waals surface area (Å²) >= 11 is 0. The molecule has 0 radical (unpaired) electrons. The molecule has 0 fully saturated rings. The predicted molar refractivity (Wildman–Crippen MR) is 41.9 cm³/mol. The van der Waals surface area contributed by atoms with Crippen molar-refractivity contribution in [2.24, 2.45) is 4.99 Å². The fourth-order valence-corrected chi connectivity index (χ4v) is 0.720. The van der Waals surface area contributed by atoms with Gasteiger partial charge in [-0.25, -0.2) is 4.99 Å². The van der Waals surface area contributed by atoms with Crippen molar-refractivity contribution in [3.63, 3.8) is 0 Å². The highest BCUT2D eigenvalue weighted by atomic mass is 15.2. The molecule has 1 aromatic rings. The Balaban J connectivity index is 3.05. The third-order valence-electron chi connectivity index (χ3n) is 1.48. The van der Waals surface area contributed by atoms with E-state index in [0.29, 0.717) is 0 Å². The van der Waals surface area contributed by atoms with E-state index in [0.717, 1.165) is 17.1 Å². The Morgan fingerprint density at radius 2 is 2.20 bits per heavy atom. The van der Waals surface area contributed by atoms with Crippen LogP contribution in [0.2, 0.25) is 0 Å². The Kier molecular flexibility index (Phi) is 1.85. The van der Waals surface area contributed by atoms with Gasteiger partial charge in [-0.15, -0.1) is 0 Å². The number of aromatic amines is 1. The summed E-state index contributed by atoms with van der Waals surface area (Å²) in [4.78, 5) is 4.06. The van der Waals surface area contributed by atoms with Gasteiger partial charge in [-0.3, -0.25) is 5.10 Å². The lowest BCUT2D eigenvalue weighted by Crippen LogP contribution is -1.71. The zero-order chi connectivity index (χ0) is 7.56. The standard InChI is InChI=1S/C7H11N3/c1-4-8-7-5(2)6(3)9-10-7/h4H,1-3H3,(H,9,10). The molecule has 1 rings (SSSR count). The third-order valence-corrected chi connectivity index (χ3v) is 1.48. The van der Waals surface area contributed by atoms with Crippen LogP contribution in [0.25, 0.3) is 0 Å². The van der Waals surface area contributed by atoms with Gasteiger partial charge >= 0.3 is 0 Å². The Bertz CT molecular complexity index is 247. The normalized spacial score (nSPS) is 11.1. The molecule has 54 valence electrons. The molecule has 0 atom stereocenters. The van der Waals surface area contributed by atoms with E-state index in [2.05, 4.69) is 15.2 Å². The number of aliphatic imine (C=N–C) groups is 1. The van der Waals surface area contributed by atoms with Crippen LogP contribution in [0.1, 0.15) is 18.2 Å². The van der Waals surface area contributed by atoms with Crippen LogP contribution in [0.3, 0.4) is 0 Å². The number of aryl methyl sites for hydroxylation is 1. The Morgan fingerprint density at radius 1 is 1.50 bits per heavy atom. The number of aromatic nitrogens is 2. The van der Waals surface area contributed by atoms with E-state index in [4.69, 9.17) is 0 Å². The van der Waals surface area contributed by atoms with Gasteiger partial charge < -0.3 is 0 Å². The molecule has 0 bridgehead atoms. The van der Waals surface area contributed by atoms with Crippen LogP contribution in [0.15, 0.2) is 4.99 Å². The molecular weight excluding hydrogens is 126 g/mol. The number of hydrogen-bond acceptors (Lipinski definition) is 2. The Morgan fingerprint density at radius 3 is 2.60 bits per heavy atom. The van der Waals surface area contributed by atoms with E-state index in [1.54, 1.807) is 6.21 Å². The zero-order valence-electron chi connectivity index (χ0n) is 6.47. The Labute approximate surface area is 60.2 Å². The minimum Gasteiger partial charge on any atom is -0.280 e. The first-order valence-electron chi connectivity index (χ1n) is 3.26. The van der Waals surface area contributed by atoms with Gasteiger partial charge in [-0.05, 0) is 20.8 Å². The monoisotopic (exact) mass is 137 g/mol. The maximum absolute atomic E-state index is 4.06. The van der Waals surface area contributed by atoms with Crippen molar-refractivity contribution >= 4 is 12.0 Å². The SMILES string of the molecule is CC=Nc1n[nH]c(C)c1C. The zero-order valence-corrected chi connectivity index (χ0v) is 6.47. The molecule has 3 heteroatoms. The second-order valence-corrected chi connectivity index (χ2v) is 2.18. The molecule has 0 aliphatic carbocycles. The van der Waals surface area contributed by atoms with Gasteiger partial charge in [0.2, 0.25) is 0 Å². The summed E-state index contributed by atoms with van der Waals surface area (Å²) in [6.45, 7) is 5.86. The smallest absolute Gasteiger partial charge is 0.176 e. The second-order valence-electron chi connectivity index (χ2n) is 2.18. The average Bonchev–Trinajstić information content (AvgIpc) is 2.20. The van der Waals surface area contributed by atoms with Crippen LogP contribution in [0.4, 0.5) is 5.82 Å². The van der Waals surface area contributed by atoms with E-state index in [-0.39, 0.29) is 0 Å². The number of nitrogens with one attached hydrogen (secondary N) is 1. The van der Waals surface area contributed by atoms with Crippen molar-refractivity contribution in [3.05, 3.63) is 11.3 Å². The molecule has 1 aromatic heterocycles. The lowest BCUT2D eigenvalue weighted by atomic mass is 10.3. The predicted octanol–water partition coefficient (Wildman–Crippen LogP) is 1.75. The summed E-state index contributed by atoms with van der Waals surface area (Å²) in [5.74, 6) is 0.792. The molecule has 0 saturated heterocycles. The first-order chi connectivity index (χ1) is 4.75. The summed E-state index contributed by atoms with van der Waals surface area (Å²) in [5, 5.41) is 6.84. The van der Waals surface area contributed by atoms with Crippen LogP contribution in [-0.2, 0) is 0 Å².